The second-order valence-electron chi connectivity index (χ2n) is 4.98. The topological polar surface area (TPSA) is 167 Å². The van der Waals surface area contributed by atoms with Gasteiger partial charge in [-0.25, -0.2) is 9.37 Å². The fourth-order valence-electron chi connectivity index (χ4n) is 2.39. The van der Waals surface area contributed by atoms with Gasteiger partial charge < -0.3 is 25.2 Å². The number of nitrogen functional groups attached to an aromatic ring is 1. The lowest BCUT2D eigenvalue weighted by molar-refractivity contribution is -0.327. The van der Waals surface area contributed by atoms with Crippen molar-refractivity contribution < 1.29 is 33.4 Å². The zero-order chi connectivity index (χ0) is 18.1. The third kappa shape index (κ3) is 3.35. The predicted molar refractivity (Wildman–Crippen MR) is 80.6 cm³/mol. The SMILES string of the molecule is COC1[C@@H](F)[C@@H](OOP(O)CO)O[C@H]1n1cnc2c(=O)[nH]c(N)nc21. The molecule has 0 aliphatic carbocycles. The van der Waals surface area contributed by atoms with Crippen LogP contribution in [-0.4, -0.2) is 61.5 Å². The number of nitrogens with two attached hydrogens (primary N) is 1. The van der Waals surface area contributed by atoms with Crippen LogP contribution in [0.2, 0.25) is 0 Å². The highest BCUT2D eigenvalue weighted by Crippen LogP contribution is 2.38. The largest absolute Gasteiger partial charge is 0.387 e. The van der Waals surface area contributed by atoms with Crippen molar-refractivity contribution in [1.29, 1.82) is 0 Å². The maximum Gasteiger partial charge on any atom is 0.280 e. The van der Waals surface area contributed by atoms with Crippen molar-refractivity contribution in [3.8, 4) is 0 Å². The Morgan fingerprint density at radius 1 is 1.60 bits per heavy atom. The van der Waals surface area contributed by atoms with E-state index in [2.05, 4.69) is 24.5 Å². The molecule has 1 aliphatic rings. The summed E-state index contributed by atoms with van der Waals surface area (Å²) in [5, 5.41) is 8.69. The van der Waals surface area contributed by atoms with Gasteiger partial charge >= 0.3 is 0 Å². The lowest BCUT2D eigenvalue weighted by Gasteiger charge is -2.18. The van der Waals surface area contributed by atoms with Gasteiger partial charge in [0.15, 0.2) is 23.6 Å². The number of anilines is 1. The van der Waals surface area contributed by atoms with Gasteiger partial charge in [-0.3, -0.25) is 14.3 Å². The van der Waals surface area contributed by atoms with Crippen LogP contribution in [-0.2, 0) is 19.0 Å². The molecule has 1 fully saturated rings. The highest BCUT2D eigenvalue weighted by molar-refractivity contribution is 7.45. The number of H-pyrrole nitrogens is 1. The second-order valence-corrected chi connectivity index (χ2v) is 6.12. The summed E-state index contributed by atoms with van der Waals surface area (Å²) in [4.78, 5) is 35.8. The first-order valence-corrected chi connectivity index (χ1v) is 8.31. The van der Waals surface area contributed by atoms with E-state index in [0.717, 1.165) is 0 Å². The highest BCUT2D eigenvalue weighted by atomic mass is 31.2. The van der Waals surface area contributed by atoms with Gasteiger partial charge in [0.05, 0.1) is 6.33 Å². The molecule has 138 valence electrons. The number of hydrogen-bond acceptors (Lipinski definition) is 10. The number of fused-ring (bicyclic) bond motifs is 1. The first-order chi connectivity index (χ1) is 12.0. The van der Waals surface area contributed by atoms with Crippen molar-refractivity contribution in [2.75, 3.05) is 19.2 Å². The number of hydrogen-bond donors (Lipinski definition) is 4. The molecule has 1 aliphatic heterocycles. The molecular formula is C11H15FN5O7P. The van der Waals surface area contributed by atoms with E-state index in [1.54, 1.807) is 0 Å². The number of aliphatic hydroxyl groups excluding tert-OH is 1. The molecule has 0 amide bonds. The van der Waals surface area contributed by atoms with Crippen molar-refractivity contribution >= 4 is 25.5 Å². The van der Waals surface area contributed by atoms with E-state index in [1.165, 1.54) is 18.0 Å². The molecule has 2 unspecified atom stereocenters. The molecule has 12 nitrogen and oxygen atoms in total. The van der Waals surface area contributed by atoms with Crippen LogP contribution < -0.4 is 11.3 Å². The molecular weight excluding hydrogens is 364 g/mol. The molecule has 14 heteroatoms. The number of nitrogens with one attached hydrogen (secondary N) is 1. The fourth-order valence-corrected chi connectivity index (χ4v) is 2.62. The Hall–Kier alpha value is -1.73. The summed E-state index contributed by atoms with van der Waals surface area (Å²) in [7, 11) is -1.01. The van der Waals surface area contributed by atoms with Crippen LogP contribution >= 0.6 is 8.38 Å². The number of methoxy groups -OCH3 is 1. The number of aromatic nitrogens is 4. The maximum absolute atomic E-state index is 14.5. The minimum atomic E-state index is -2.28. The zero-order valence-corrected chi connectivity index (χ0v) is 13.7. The van der Waals surface area contributed by atoms with E-state index >= 15 is 0 Å². The summed E-state index contributed by atoms with van der Waals surface area (Å²) in [6, 6.07) is 0. The van der Waals surface area contributed by atoms with E-state index in [4.69, 9.17) is 25.2 Å². The monoisotopic (exact) mass is 379 g/mol. The van der Waals surface area contributed by atoms with Crippen molar-refractivity contribution in [2.24, 2.45) is 0 Å². The van der Waals surface area contributed by atoms with Gasteiger partial charge in [-0.2, -0.15) is 14.5 Å². The highest BCUT2D eigenvalue weighted by Gasteiger charge is 2.49. The van der Waals surface area contributed by atoms with Crippen LogP contribution in [0, 0.1) is 0 Å². The Balaban J connectivity index is 1.90. The Kier molecular flexibility index (Phi) is 5.24. The molecule has 0 spiro atoms. The number of rotatable bonds is 6. The summed E-state index contributed by atoms with van der Waals surface area (Å²) in [5.41, 5.74) is 5.02. The minimum Gasteiger partial charge on any atom is -0.387 e. The molecule has 0 aromatic carbocycles. The fraction of sp³-hybridized carbons (Fsp3) is 0.545. The Labute approximate surface area is 140 Å². The number of imidazole rings is 1. The standard InChI is InChI=1S/C11H15FN5O7P/c1-21-6-4(12)10(23-24-25(20)3-18)22-9(6)17-2-14-5-7(17)15-11(13)16-8(5)19/h2,4,6,9-10,18,20H,3H2,1H3,(H3,13,15,16,19)/t4-,6?,9-,10-,25?/m1/s1. The zero-order valence-electron chi connectivity index (χ0n) is 12.8. The number of nitrogens with zero attached hydrogens (tertiary/aromatic N) is 3. The third-order valence-electron chi connectivity index (χ3n) is 3.47. The Bertz CT molecular complexity index is 803. The van der Waals surface area contributed by atoms with Crippen LogP contribution in [0.3, 0.4) is 0 Å². The lowest BCUT2D eigenvalue weighted by Crippen LogP contribution is -2.31. The van der Waals surface area contributed by atoms with Crippen molar-refractivity contribution in [1.82, 2.24) is 19.5 Å². The number of aromatic amines is 1. The summed E-state index contributed by atoms with van der Waals surface area (Å²) in [6.07, 6.45) is -5.04. The average molecular weight is 379 g/mol. The molecule has 0 saturated carbocycles. The van der Waals surface area contributed by atoms with Crippen LogP contribution in [0.5, 0.6) is 0 Å². The van der Waals surface area contributed by atoms with Crippen LogP contribution in [0.25, 0.3) is 11.2 Å². The minimum absolute atomic E-state index is 0.0113. The predicted octanol–water partition coefficient (Wildman–Crippen LogP) is -0.888. The average Bonchev–Trinajstić information content (AvgIpc) is 3.13. The van der Waals surface area contributed by atoms with E-state index in [9.17, 15) is 9.18 Å². The first-order valence-electron chi connectivity index (χ1n) is 6.91. The number of halogens is 1. The Morgan fingerprint density at radius 3 is 3.04 bits per heavy atom. The second kappa shape index (κ2) is 7.25. The van der Waals surface area contributed by atoms with Gasteiger partial charge in [-0.1, -0.05) is 0 Å². The molecule has 5 atom stereocenters. The maximum atomic E-state index is 14.5. The quantitative estimate of drug-likeness (QED) is 0.281. The van der Waals surface area contributed by atoms with Crippen LogP contribution in [0.1, 0.15) is 6.23 Å². The first kappa shape index (κ1) is 18.1. The summed E-state index contributed by atoms with van der Waals surface area (Å²) in [5.74, 6) is -0.145. The van der Waals surface area contributed by atoms with Crippen molar-refractivity contribution in [3.63, 3.8) is 0 Å². The van der Waals surface area contributed by atoms with Crippen molar-refractivity contribution in [2.45, 2.75) is 24.8 Å². The summed E-state index contributed by atoms with van der Waals surface area (Å²) < 4.78 is 30.7. The van der Waals surface area contributed by atoms with Crippen LogP contribution in [0.4, 0.5) is 10.3 Å². The van der Waals surface area contributed by atoms with E-state index in [-0.39, 0.29) is 17.1 Å². The molecule has 3 heterocycles. The molecule has 0 bridgehead atoms. The smallest absolute Gasteiger partial charge is 0.280 e. The molecule has 25 heavy (non-hydrogen) atoms. The Morgan fingerprint density at radius 2 is 2.36 bits per heavy atom. The van der Waals surface area contributed by atoms with Crippen molar-refractivity contribution in [3.05, 3.63) is 16.7 Å². The third-order valence-corrected chi connectivity index (χ3v) is 3.97. The van der Waals surface area contributed by atoms with Gasteiger partial charge in [-0.05, 0) is 0 Å². The number of aliphatic hydroxyl groups is 1. The lowest BCUT2D eigenvalue weighted by atomic mass is 10.2. The van der Waals surface area contributed by atoms with Gasteiger partial charge in [0, 0.05) is 7.11 Å². The molecule has 5 N–H and O–H groups in total. The van der Waals surface area contributed by atoms with E-state index in [1.807, 2.05) is 0 Å². The van der Waals surface area contributed by atoms with Gasteiger partial charge in [0.2, 0.25) is 20.6 Å². The van der Waals surface area contributed by atoms with Gasteiger partial charge in [0.1, 0.15) is 12.5 Å². The summed E-state index contributed by atoms with van der Waals surface area (Å²) >= 11 is 0. The van der Waals surface area contributed by atoms with E-state index in [0.29, 0.717) is 0 Å². The van der Waals surface area contributed by atoms with Gasteiger partial charge in [0.25, 0.3) is 5.56 Å². The van der Waals surface area contributed by atoms with E-state index < -0.39 is 45.1 Å². The molecule has 2 aromatic rings. The van der Waals surface area contributed by atoms with Crippen LogP contribution in [0.15, 0.2) is 11.1 Å². The molecule has 3 rings (SSSR count). The van der Waals surface area contributed by atoms with Gasteiger partial charge in [-0.15, -0.1) is 0 Å². The summed E-state index contributed by atoms with van der Waals surface area (Å²) in [6.45, 7) is 0. The number of alkyl halides is 1. The molecule has 1 saturated heterocycles. The number of ether oxygens (including phenoxy) is 2. The normalized spacial score (nSPS) is 27.8. The molecule has 2 aromatic heterocycles. The molecule has 0 radical (unpaired) electrons.